The minimum atomic E-state index is -0.0807. The molecular weight excluding hydrogens is 290 g/mol. The van der Waals surface area contributed by atoms with Crippen LogP contribution in [0.15, 0.2) is 42.5 Å². The molecule has 4 heteroatoms. The molecule has 1 N–H and O–H groups in total. The summed E-state index contributed by atoms with van der Waals surface area (Å²) in [6.45, 7) is 2.58. The maximum absolute atomic E-state index is 12.2. The van der Waals surface area contributed by atoms with Crippen LogP contribution in [0.5, 0.6) is 11.5 Å². The van der Waals surface area contributed by atoms with E-state index in [4.69, 9.17) is 9.47 Å². The molecule has 122 valence electrons. The van der Waals surface area contributed by atoms with Gasteiger partial charge in [-0.15, -0.1) is 0 Å². The third-order valence-electron chi connectivity index (χ3n) is 3.66. The largest absolute Gasteiger partial charge is 0.493 e. The SMILES string of the molecule is CCCc1ccc(C(=O)NCc2ccc(OC)c(OC)c2)cc1. The highest BCUT2D eigenvalue weighted by atomic mass is 16.5. The van der Waals surface area contributed by atoms with Crippen molar-refractivity contribution in [1.82, 2.24) is 5.32 Å². The van der Waals surface area contributed by atoms with Crippen LogP contribution in [0.25, 0.3) is 0 Å². The Labute approximate surface area is 137 Å². The number of aryl methyl sites for hydroxylation is 1. The molecule has 2 rings (SSSR count). The van der Waals surface area contributed by atoms with Crippen molar-refractivity contribution >= 4 is 5.91 Å². The van der Waals surface area contributed by atoms with E-state index < -0.39 is 0 Å². The van der Waals surface area contributed by atoms with Crippen molar-refractivity contribution < 1.29 is 14.3 Å². The molecule has 0 aliphatic carbocycles. The summed E-state index contributed by atoms with van der Waals surface area (Å²) in [6.07, 6.45) is 2.14. The van der Waals surface area contributed by atoms with Crippen molar-refractivity contribution in [2.75, 3.05) is 14.2 Å². The second-order valence-corrected chi connectivity index (χ2v) is 5.32. The molecule has 0 heterocycles. The highest BCUT2D eigenvalue weighted by molar-refractivity contribution is 5.94. The quantitative estimate of drug-likeness (QED) is 0.850. The maximum Gasteiger partial charge on any atom is 0.251 e. The number of benzene rings is 2. The number of nitrogens with one attached hydrogen (secondary N) is 1. The van der Waals surface area contributed by atoms with Gasteiger partial charge in [-0.25, -0.2) is 0 Å². The lowest BCUT2D eigenvalue weighted by molar-refractivity contribution is 0.0951. The molecule has 0 bridgehead atoms. The van der Waals surface area contributed by atoms with E-state index in [-0.39, 0.29) is 5.91 Å². The van der Waals surface area contributed by atoms with Gasteiger partial charge < -0.3 is 14.8 Å². The van der Waals surface area contributed by atoms with Gasteiger partial charge in [0.05, 0.1) is 14.2 Å². The number of rotatable bonds is 7. The molecule has 0 saturated heterocycles. The molecule has 0 aliphatic heterocycles. The van der Waals surface area contributed by atoms with Gasteiger partial charge in [0.25, 0.3) is 5.91 Å². The van der Waals surface area contributed by atoms with Crippen LogP contribution in [0, 0.1) is 0 Å². The Morgan fingerprint density at radius 3 is 2.22 bits per heavy atom. The van der Waals surface area contributed by atoms with E-state index in [9.17, 15) is 4.79 Å². The van der Waals surface area contributed by atoms with E-state index in [2.05, 4.69) is 12.2 Å². The zero-order valence-electron chi connectivity index (χ0n) is 13.9. The average Bonchev–Trinajstić information content (AvgIpc) is 2.60. The monoisotopic (exact) mass is 313 g/mol. The van der Waals surface area contributed by atoms with Crippen molar-refractivity contribution in [1.29, 1.82) is 0 Å². The van der Waals surface area contributed by atoms with E-state index in [1.54, 1.807) is 14.2 Å². The van der Waals surface area contributed by atoms with Gasteiger partial charge in [-0.05, 0) is 41.8 Å². The molecule has 1 amide bonds. The lowest BCUT2D eigenvalue weighted by atomic mass is 10.1. The van der Waals surface area contributed by atoms with Crippen LogP contribution in [-0.4, -0.2) is 20.1 Å². The number of methoxy groups -OCH3 is 2. The lowest BCUT2D eigenvalue weighted by Crippen LogP contribution is -2.22. The van der Waals surface area contributed by atoms with Crippen LogP contribution < -0.4 is 14.8 Å². The van der Waals surface area contributed by atoms with Gasteiger partial charge in [-0.3, -0.25) is 4.79 Å². The first-order chi connectivity index (χ1) is 11.2. The van der Waals surface area contributed by atoms with Crippen LogP contribution in [-0.2, 0) is 13.0 Å². The van der Waals surface area contributed by atoms with Crippen molar-refractivity contribution in [2.45, 2.75) is 26.3 Å². The molecule has 0 unspecified atom stereocenters. The number of hydrogen-bond donors (Lipinski definition) is 1. The van der Waals surface area contributed by atoms with Gasteiger partial charge in [0.2, 0.25) is 0 Å². The first-order valence-corrected chi connectivity index (χ1v) is 7.76. The second-order valence-electron chi connectivity index (χ2n) is 5.32. The minimum Gasteiger partial charge on any atom is -0.493 e. The summed E-state index contributed by atoms with van der Waals surface area (Å²) in [5.41, 5.74) is 2.88. The normalized spacial score (nSPS) is 10.2. The molecule has 0 radical (unpaired) electrons. The number of amides is 1. The van der Waals surface area contributed by atoms with Crippen molar-refractivity contribution in [3.05, 3.63) is 59.2 Å². The Morgan fingerprint density at radius 2 is 1.61 bits per heavy atom. The summed E-state index contributed by atoms with van der Waals surface area (Å²) >= 11 is 0. The molecule has 0 atom stereocenters. The first-order valence-electron chi connectivity index (χ1n) is 7.76. The molecule has 0 aliphatic rings. The van der Waals surface area contributed by atoms with Gasteiger partial charge in [0.1, 0.15) is 0 Å². The van der Waals surface area contributed by atoms with E-state index in [0.717, 1.165) is 18.4 Å². The Bertz CT molecular complexity index is 650. The molecule has 0 aromatic heterocycles. The van der Waals surface area contributed by atoms with E-state index >= 15 is 0 Å². The Morgan fingerprint density at radius 1 is 0.957 bits per heavy atom. The topological polar surface area (TPSA) is 47.6 Å². The Kier molecular flexibility index (Phi) is 6.03. The van der Waals surface area contributed by atoms with Crippen LogP contribution in [0.1, 0.15) is 34.8 Å². The Balaban J connectivity index is 1.98. The number of ether oxygens (including phenoxy) is 2. The molecular formula is C19H23NO3. The minimum absolute atomic E-state index is 0.0807. The molecule has 4 nitrogen and oxygen atoms in total. The average molecular weight is 313 g/mol. The highest BCUT2D eigenvalue weighted by Crippen LogP contribution is 2.27. The van der Waals surface area contributed by atoms with Crippen LogP contribution in [0.4, 0.5) is 0 Å². The molecule has 0 saturated carbocycles. The summed E-state index contributed by atoms with van der Waals surface area (Å²) < 4.78 is 10.5. The van der Waals surface area contributed by atoms with Crippen molar-refractivity contribution in [2.24, 2.45) is 0 Å². The zero-order chi connectivity index (χ0) is 16.7. The number of hydrogen-bond acceptors (Lipinski definition) is 3. The standard InChI is InChI=1S/C19H23NO3/c1-4-5-14-6-9-16(10-7-14)19(21)20-13-15-8-11-17(22-2)18(12-15)23-3/h6-12H,4-5,13H2,1-3H3,(H,20,21). The molecule has 0 spiro atoms. The van der Waals surface area contributed by atoms with E-state index in [1.165, 1.54) is 5.56 Å². The smallest absolute Gasteiger partial charge is 0.251 e. The third-order valence-corrected chi connectivity index (χ3v) is 3.66. The van der Waals surface area contributed by atoms with E-state index in [1.807, 2.05) is 42.5 Å². The van der Waals surface area contributed by atoms with E-state index in [0.29, 0.717) is 23.6 Å². The summed E-state index contributed by atoms with van der Waals surface area (Å²) in [6, 6.07) is 13.4. The fourth-order valence-electron chi connectivity index (χ4n) is 2.39. The molecule has 0 fully saturated rings. The fraction of sp³-hybridized carbons (Fsp3) is 0.316. The van der Waals surface area contributed by atoms with Crippen LogP contribution >= 0.6 is 0 Å². The summed E-state index contributed by atoms with van der Waals surface area (Å²) in [7, 11) is 3.19. The fourth-order valence-corrected chi connectivity index (χ4v) is 2.39. The lowest BCUT2D eigenvalue weighted by Gasteiger charge is -2.10. The zero-order valence-corrected chi connectivity index (χ0v) is 13.9. The molecule has 2 aromatic carbocycles. The second kappa shape index (κ2) is 8.22. The predicted octanol–water partition coefficient (Wildman–Crippen LogP) is 3.59. The third kappa shape index (κ3) is 4.49. The van der Waals surface area contributed by atoms with Gasteiger partial charge in [0, 0.05) is 12.1 Å². The van der Waals surface area contributed by atoms with Crippen LogP contribution in [0.3, 0.4) is 0 Å². The van der Waals surface area contributed by atoms with Gasteiger partial charge in [-0.1, -0.05) is 31.5 Å². The molecule has 2 aromatic rings. The highest BCUT2D eigenvalue weighted by Gasteiger charge is 2.08. The van der Waals surface area contributed by atoms with Crippen molar-refractivity contribution in [3.8, 4) is 11.5 Å². The summed E-state index contributed by atoms with van der Waals surface area (Å²) in [4.78, 5) is 12.2. The number of carbonyl (C=O) groups excluding carboxylic acids is 1. The van der Waals surface area contributed by atoms with Crippen molar-refractivity contribution in [3.63, 3.8) is 0 Å². The number of carbonyl (C=O) groups is 1. The van der Waals surface area contributed by atoms with Crippen LogP contribution in [0.2, 0.25) is 0 Å². The van der Waals surface area contributed by atoms with Gasteiger partial charge in [0.15, 0.2) is 11.5 Å². The Hall–Kier alpha value is -2.49. The maximum atomic E-state index is 12.2. The van der Waals surface area contributed by atoms with Gasteiger partial charge in [-0.2, -0.15) is 0 Å². The first kappa shape index (κ1) is 16.9. The molecule has 23 heavy (non-hydrogen) atoms. The summed E-state index contributed by atoms with van der Waals surface area (Å²) in [5, 5.41) is 2.92. The van der Waals surface area contributed by atoms with Gasteiger partial charge >= 0.3 is 0 Å². The summed E-state index contributed by atoms with van der Waals surface area (Å²) in [5.74, 6) is 1.25. The predicted molar refractivity (Wildman–Crippen MR) is 91.2 cm³/mol.